The second-order valence-corrected chi connectivity index (χ2v) is 4.71. The molecule has 0 saturated carbocycles. The van der Waals surface area contributed by atoms with Crippen molar-refractivity contribution in [3.05, 3.63) is 29.3 Å². The molecule has 86 valence electrons. The first kappa shape index (κ1) is 11.4. The summed E-state index contributed by atoms with van der Waals surface area (Å²) in [6, 6.07) is 6.33. The highest BCUT2D eigenvalue weighted by Crippen LogP contribution is 2.25. The zero-order valence-electron chi connectivity index (χ0n) is 9.56. The van der Waals surface area contributed by atoms with Crippen molar-refractivity contribution in [2.45, 2.75) is 18.9 Å². The molecular formula is C12H16N2OS. The fourth-order valence-electron chi connectivity index (χ4n) is 1.88. The highest BCUT2D eigenvalue weighted by atomic mass is 32.1. The van der Waals surface area contributed by atoms with E-state index in [1.807, 2.05) is 26.2 Å². The maximum atomic E-state index is 5.91. The van der Waals surface area contributed by atoms with Crippen molar-refractivity contribution < 1.29 is 4.74 Å². The van der Waals surface area contributed by atoms with Gasteiger partial charge in [-0.1, -0.05) is 6.07 Å². The zero-order chi connectivity index (χ0) is 11.7. The molecule has 1 aromatic rings. The Bertz CT molecular complexity index is 417. The first-order chi connectivity index (χ1) is 7.56. The Morgan fingerprint density at radius 1 is 1.38 bits per heavy atom. The number of nitrogens with zero attached hydrogens (tertiary/aromatic N) is 1. The Hall–Kier alpha value is -1.13. The first-order valence-electron chi connectivity index (χ1n) is 5.33. The van der Waals surface area contributed by atoms with Crippen molar-refractivity contribution in [1.29, 1.82) is 0 Å². The summed E-state index contributed by atoms with van der Waals surface area (Å²) in [6.45, 7) is 0. The van der Waals surface area contributed by atoms with Gasteiger partial charge in [-0.2, -0.15) is 0 Å². The van der Waals surface area contributed by atoms with E-state index in [2.05, 4.69) is 6.07 Å². The lowest BCUT2D eigenvalue weighted by atomic mass is 10.1. The maximum absolute atomic E-state index is 5.91. The molecule has 0 radical (unpaired) electrons. The minimum atomic E-state index is 0.256. The SMILES string of the molecule is CN(C)C(=S)Oc1ccc2c(c1)CC(N)C2. The molecule has 2 N–H and O–H groups in total. The fraction of sp³-hybridized carbons (Fsp3) is 0.417. The molecule has 0 saturated heterocycles. The predicted molar refractivity (Wildman–Crippen MR) is 68.7 cm³/mol. The Morgan fingerprint density at radius 3 is 2.75 bits per heavy atom. The molecule has 1 aromatic carbocycles. The summed E-state index contributed by atoms with van der Waals surface area (Å²) in [5.41, 5.74) is 8.52. The molecule has 0 bridgehead atoms. The molecule has 0 heterocycles. The molecule has 1 atom stereocenters. The van der Waals surface area contributed by atoms with E-state index in [9.17, 15) is 0 Å². The van der Waals surface area contributed by atoms with Crippen LogP contribution in [0.5, 0.6) is 5.75 Å². The van der Waals surface area contributed by atoms with Gasteiger partial charge in [0.05, 0.1) is 0 Å². The van der Waals surface area contributed by atoms with Crippen molar-refractivity contribution >= 4 is 17.4 Å². The third-order valence-corrected chi connectivity index (χ3v) is 3.16. The zero-order valence-corrected chi connectivity index (χ0v) is 10.4. The molecule has 1 aliphatic carbocycles. The van der Waals surface area contributed by atoms with Gasteiger partial charge >= 0.3 is 0 Å². The van der Waals surface area contributed by atoms with E-state index >= 15 is 0 Å². The highest BCUT2D eigenvalue weighted by Gasteiger charge is 2.18. The predicted octanol–water partition coefficient (Wildman–Crippen LogP) is 1.34. The minimum absolute atomic E-state index is 0.256. The van der Waals surface area contributed by atoms with Crippen molar-refractivity contribution in [2.24, 2.45) is 5.73 Å². The molecule has 0 amide bonds. The molecule has 0 aliphatic heterocycles. The van der Waals surface area contributed by atoms with Gasteiger partial charge in [0.15, 0.2) is 0 Å². The Balaban J connectivity index is 2.14. The van der Waals surface area contributed by atoms with Gasteiger partial charge < -0.3 is 15.4 Å². The van der Waals surface area contributed by atoms with E-state index in [0.717, 1.165) is 18.6 Å². The summed E-state index contributed by atoms with van der Waals surface area (Å²) in [6.07, 6.45) is 1.90. The van der Waals surface area contributed by atoms with Crippen LogP contribution in [0.4, 0.5) is 0 Å². The molecule has 0 fully saturated rings. The Morgan fingerprint density at radius 2 is 2.06 bits per heavy atom. The molecule has 16 heavy (non-hydrogen) atoms. The van der Waals surface area contributed by atoms with Gasteiger partial charge in [0.1, 0.15) is 5.75 Å². The average molecular weight is 236 g/mol. The third kappa shape index (κ3) is 2.33. The van der Waals surface area contributed by atoms with Gasteiger partial charge in [0.25, 0.3) is 5.17 Å². The summed E-state index contributed by atoms with van der Waals surface area (Å²) in [7, 11) is 3.73. The van der Waals surface area contributed by atoms with Gasteiger partial charge in [-0.25, -0.2) is 0 Å². The first-order valence-corrected chi connectivity index (χ1v) is 5.73. The number of hydrogen-bond donors (Lipinski definition) is 1. The van der Waals surface area contributed by atoms with Crippen molar-refractivity contribution in [2.75, 3.05) is 14.1 Å². The quantitative estimate of drug-likeness (QED) is 0.747. The van der Waals surface area contributed by atoms with Gasteiger partial charge in [-0.15, -0.1) is 0 Å². The van der Waals surface area contributed by atoms with E-state index in [1.165, 1.54) is 11.1 Å². The number of rotatable bonds is 1. The highest BCUT2D eigenvalue weighted by molar-refractivity contribution is 7.80. The average Bonchev–Trinajstić information content (AvgIpc) is 2.57. The van der Waals surface area contributed by atoms with Crippen molar-refractivity contribution in [1.82, 2.24) is 4.90 Å². The van der Waals surface area contributed by atoms with Gasteiger partial charge in [-0.05, 0) is 48.3 Å². The summed E-state index contributed by atoms with van der Waals surface area (Å²) in [4.78, 5) is 1.77. The minimum Gasteiger partial charge on any atom is -0.432 e. The fourth-order valence-corrected chi connectivity index (χ4v) is 1.98. The molecule has 4 heteroatoms. The Labute approximate surface area is 101 Å². The van der Waals surface area contributed by atoms with Crippen LogP contribution in [-0.4, -0.2) is 30.2 Å². The van der Waals surface area contributed by atoms with E-state index in [4.69, 9.17) is 22.7 Å². The lowest BCUT2D eigenvalue weighted by Gasteiger charge is -2.14. The standard InChI is InChI=1S/C12H16N2OS/c1-14(2)12(16)15-11-4-3-8-5-10(13)6-9(8)7-11/h3-4,7,10H,5-6,13H2,1-2H3. The van der Waals surface area contributed by atoms with Crippen molar-refractivity contribution in [3.8, 4) is 5.75 Å². The van der Waals surface area contributed by atoms with Crippen LogP contribution in [0.25, 0.3) is 0 Å². The van der Waals surface area contributed by atoms with Crippen LogP contribution in [0.15, 0.2) is 18.2 Å². The summed E-state index contributed by atoms with van der Waals surface area (Å²) in [5.74, 6) is 0.798. The topological polar surface area (TPSA) is 38.5 Å². The molecule has 3 nitrogen and oxygen atoms in total. The molecular weight excluding hydrogens is 220 g/mol. The van der Waals surface area contributed by atoms with Crippen LogP contribution < -0.4 is 10.5 Å². The summed E-state index contributed by atoms with van der Waals surface area (Å²) >= 11 is 5.09. The Kier molecular flexibility index (Phi) is 3.12. The molecule has 0 aromatic heterocycles. The van der Waals surface area contributed by atoms with Crippen LogP contribution in [0, 0.1) is 0 Å². The van der Waals surface area contributed by atoms with Crippen LogP contribution in [0.3, 0.4) is 0 Å². The molecule has 2 rings (SSSR count). The van der Waals surface area contributed by atoms with E-state index < -0.39 is 0 Å². The molecule has 1 unspecified atom stereocenters. The van der Waals surface area contributed by atoms with Gasteiger partial charge in [0.2, 0.25) is 0 Å². The van der Waals surface area contributed by atoms with E-state index in [-0.39, 0.29) is 6.04 Å². The molecule has 1 aliphatic rings. The summed E-state index contributed by atoms with van der Waals surface area (Å²) < 4.78 is 5.55. The second kappa shape index (κ2) is 4.39. The number of benzene rings is 1. The van der Waals surface area contributed by atoms with E-state index in [1.54, 1.807) is 4.90 Å². The number of fused-ring (bicyclic) bond motifs is 1. The van der Waals surface area contributed by atoms with Crippen molar-refractivity contribution in [3.63, 3.8) is 0 Å². The third-order valence-electron chi connectivity index (χ3n) is 2.71. The number of hydrogen-bond acceptors (Lipinski definition) is 3. The van der Waals surface area contributed by atoms with Gasteiger partial charge in [0, 0.05) is 20.1 Å². The van der Waals surface area contributed by atoms with Crippen LogP contribution in [-0.2, 0) is 12.8 Å². The van der Waals surface area contributed by atoms with Crippen LogP contribution in [0.2, 0.25) is 0 Å². The lowest BCUT2D eigenvalue weighted by molar-refractivity contribution is 0.449. The van der Waals surface area contributed by atoms with Crippen LogP contribution >= 0.6 is 12.2 Å². The largest absolute Gasteiger partial charge is 0.432 e. The smallest absolute Gasteiger partial charge is 0.264 e. The normalized spacial score (nSPS) is 18.1. The number of thiocarbonyl (C=S) groups is 1. The van der Waals surface area contributed by atoms with E-state index in [0.29, 0.717) is 5.17 Å². The lowest BCUT2D eigenvalue weighted by Crippen LogP contribution is -2.25. The summed E-state index contributed by atoms with van der Waals surface area (Å²) in [5, 5.41) is 0.474. The second-order valence-electron chi connectivity index (χ2n) is 4.36. The maximum Gasteiger partial charge on any atom is 0.264 e. The van der Waals surface area contributed by atoms with Crippen LogP contribution in [0.1, 0.15) is 11.1 Å². The monoisotopic (exact) mass is 236 g/mol. The number of ether oxygens (including phenoxy) is 1. The number of nitrogens with two attached hydrogens (primary N) is 1. The van der Waals surface area contributed by atoms with Gasteiger partial charge in [-0.3, -0.25) is 0 Å². The molecule has 0 spiro atoms.